The average molecular weight is 405 g/mol. The SMILES string of the molecule is [B]C1N(C(=O)OC(C(F)(F)F)C(F)(F)F)C([B])([B])C([B])([B])N(C(C)(C)C)C1([B])[B]. The second-order valence-electron chi connectivity index (χ2n) is 7.71. The third-order valence-electron chi connectivity index (χ3n) is 4.23. The minimum Gasteiger partial charge on any atom is -0.427 e. The van der Waals surface area contributed by atoms with Gasteiger partial charge in [-0.25, -0.2) is 4.79 Å². The summed E-state index contributed by atoms with van der Waals surface area (Å²) >= 11 is 0. The van der Waals surface area contributed by atoms with Gasteiger partial charge < -0.3 is 14.5 Å². The van der Waals surface area contributed by atoms with Gasteiger partial charge in [0.15, 0.2) is 0 Å². The molecule has 1 rings (SSSR count). The summed E-state index contributed by atoms with van der Waals surface area (Å²) in [6, 6.07) is 0. The van der Waals surface area contributed by atoms with Crippen LogP contribution in [0.25, 0.3) is 0 Å². The molecule has 17 heteroatoms. The Labute approximate surface area is 174 Å². The first kappa shape index (κ1) is 26.3. The maximum absolute atomic E-state index is 12.7. The van der Waals surface area contributed by atoms with Crippen LogP contribution in [-0.2, 0) is 4.74 Å². The van der Waals surface area contributed by atoms with Crippen molar-refractivity contribution in [3.05, 3.63) is 0 Å². The van der Waals surface area contributed by atoms with Crippen LogP contribution in [0.1, 0.15) is 20.8 Å². The summed E-state index contributed by atoms with van der Waals surface area (Å²) in [5, 5.41) is -7.87. The smallest absolute Gasteiger partial charge is 0.427 e. The van der Waals surface area contributed by atoms with Gasteiger partial charge in [-0.15, -0.1) is 0 Å². The largest absolute Gasteiger partial charge is 0.434 e. The topological polar surface area (TPSA) is 32.8 Å². The first-order valence-electron chi connectivity index (χ1n) is 7.84. The molecule has 1 amide bonds. The van der Waals surface area contributed by atoms with Gasteiger partial charge in [0.1, 0.15) is 0 Å². The third-order valence-corrected chi connectivity index (χ3v) is 4.23. The summed E-state index contributed by atoms with van der Waals surface area (Å²) < 4.78 is 80.0. The highest BCUT2D eigenvalue weighted by atomic mass is 19.4. The molecule has 1 heterocycles. The maximum atomic E-state index is 12.7. The molecular weight excluding hydrogens is 394 g/mol. The van der Waals surface area contributed by atoms with Gasteiger partial charge >= 0.3 is 18.4 Å². The minimum absolute atomic E-state index is 0.153. The minimum atomic E-state index is -6.01. The van der Waals surface area contributed by atoms with Crippen LogP contribution in [0, 0.1) is 0 Å². The van der Waals surface area contributed by atoms with Crippen LogP contribution >= 0.6 is 0 Å². The normalized spacial score (nSPS) is 25.0. The van der Waals surface area contributed by atoms with E-state index in [1.54, 1.807) is 0 Å². The maximum Gasteiger partial charge on any atom is 0.434 e. The van der Waals surface area contributed by atoms with Crippen molar-refractivity contribution in [3.8, 4) is 0 Å². The fourth-order valence-corrected chi connectivity index (χ4v) is 3.14. The highest BCUT2D eigenvalue weighted by Crippen LogP contribution is 2.43. The number of halogens is 6. The number of amides is 1. The molecule has 29 heavy (non-hydrogen) atoms. The van der Waals surface area contributed by atoms with Gasteiger partial charge in [0, 0.05) is 5.54 Å². The van der Waals surface area contributed by atoms with Crippen molar-refractivity contribution in [1.82, 2.24) is 9.80 Å². The molecule has 14 radical (unpaired) electrons. The van der Waals surface area contributed by atoms with Crippen molar-refractivity contribution in [3.63, 3.8) is 0 Å². The summed E-state index contributed by atoms with van der Waals surface area (Å²) in [4.78, 5) is 13.0. The van der Waals surface area contributed by atoms with E-state index in [0.717, 1.165) is 4.90 Å². The highest BCUT2D eigenvalue weighted by molar-refractivity contribution is 6.57. The highest BCUT2D eigenvalue weighted by Gasteiger charge is 2.63. The molecule has 1 fully saturated rings. The summed E-state index contributed by atoms with van der Waals surface area (Å²) in [5.41, 5.74) is -1.13. The molecule has 0 aromatic carbocycles. The van der Waals surface area contributed by atoms with Crippen molar-refractivity contribution in [2.75, 3.05) is 0 Å². The van der Waals surface area contributed by atoms with Crippen LogP contribution in [-0.4, -0.2) is 117 Å². The summed E-state index contributed by atoms with van der Waals surface area (Å²) in [5.74, 6) is -2.09. The van der Waals surface area contributed by atoms with E-state index < -0.39 is 52.0 Å². The van der Waals surface area contributed by atoms with Crippen LogP contribution in [0.15, 0.2) is 0 Å². The molecule has 0 aromatic heterocycles. The van der Waals surface area contributed by atoms with Crippen molar-refractivity contribution < 1.29 is 35.9 Å². The average Bonchev–Trinajstić information content (AvgIpc) is 2.38. The molecule has 0 aromatic rings. The van der Waals surface area contributed by atoms with E-state index in [0.29, 0.717) is 0 Å². The fraction of sp³-hybridized carbons (Fsp3) is 0.917. The molecule has 4 nitrogen and oxygen atoms in total. The summed E-state index contributed by atoms with van der Waals surface area (Å²) in [6.07, 6.45) is -18.9. The van der Waals surface area contributed by atoms with Crippen molar-refractivity contribution in [1.29, 1.82) is 0 Å². The lowest BCUT2D eigenvalue weighted by molar-refractivity contribution is -0.309. The Morgan fingerprint density at radius 3 is 1.59 bits per heavy atom. The molecule has 144 valence electrons. The zero-order valence-corrected chi connectivity index (χ0v) is 15.7. The Morgan fingerprint density at radius 2 is 1.28 bits per heavy atom. The predicted molar refractivity (Wildman–Crippen MR) is 98.1 cm³/mol. The molecule has 1 unspecified atom stereocenters. The van der Waals surface area contributed by atoms with Gasteiger partial charge in [0.2, 0.25) is 0 Å². The van der Waals surface area contributed by atoms with E-state index in [2.05, 4.69) is 4.74 Å². The van der Waals surface area contributed by atoms with Gasteiger partial charge in [-0.2, -0.15) is 26.3 Å². The molecule has 0 bridgehead atoms. The van der Waals surface area contributed by atoms with E-state index in [-0.39, 0.29) is 4.90 Å². The second-order valence-corrected chi connectivity index (χ2v) is 7.71. The molecule has 0 N–H and O–H groups in total. The van der Waals surface area contributed by atoms with Crippen LogP contribution in [0.4, 0.5) is 31.1 Å². The number of rotatable bonds is 1. The number of ether oxygens (including phenoxy) is 1. The number of carbonyl (C=O) groups excluding carboxylic acids is 1. The van der Waals surface area contributed by atoms with E-state index in [1.807, 2.05) is 0 Å². The number of nitrogens with zero attached hydrogens (tertiary/aromatic N) is 2. The Morgan fingerprint density at radius 1 is 0.897 bits per heavy atom. The zero-order chi connectivity index (χ0) is 23.6. The first-order chi connectivity index (χ1) is 12.4. The Kier molecular flexibility index (Phi) is 6.49. The molecule has 0 saturated carbocycles. The molecule has 1 saturated heterocycles. The molecule has 0 aliphatic carbocycles. The molecule has 0 spiro atoms. The molecular formula is C12H11B7F6N2O2. The van der Waals surface area contributed by atoms with Crippen LogP contribution < -0.4 is 0 Å². The Bertz CT molecular complexity index is 636. The predicted octanol–water partition coefficient (Wildman–Crippen LogP) is -0.501. The van der Waals surface area contributed by atoms with Crippen LogP contribution in [0.2, 0.25) is 0 Å². The van der Waals surface area contributed by atoms with Crippen molar-refractivity contribution in [2.45, 2.75) is 66.7 Å². The van der Waals surface area contributed by atoms with Gasteiger partial charge in [-0.05, 0) is 42.7 Å². The van der Waals surface area contributed by atoms with Crippen molar-refractivity contribution >= 4 is 61.0 Å². The molecule has 1 aliphatic heterocycles. The van der Waals surface area contributed by atoms with Crippen molar-refractivity contribution in [2.24, 2.45) is 0 Å². The van der Waals surface area contributed by atoms with Gasteiger partial charge in [0.25, 0.3) is 6.10 Å². The van der Waals surface area contributed by atoms with E-state index in [4.69, 9.17) is 54.9 Å². The Hall–Kier alpha value is -0.735. The van der Waals surface area contributed by atoms with E-state index in [1.165, 1.54) is 20.8 Å². The second kappa shape index (κ2) is 7.16. The summed E-state index contributed by atoms with van der Waals surface area (Å²) in [7, 11) is 40.8. The fourth-order valence-electron chi connectivity index (χ4n) is 3.14. The first-order valence-corrected chi connectivity index (χ1v) is 7.84. The lowest BCUT2D eigenvalue weighted by atomic mass is 9.31. The Balaban J connectivity index is 3.51. The van der Waals surface area contributed by atoms with E-state index >= 15 is 0 Å². The third kappa shape index (κ3) is 4.49. The lowest BCUT2D eigenvalue weighted by Crippen LogP contribution is -2.90. The number of piperazine rings is 1. The standard InChI is InChI=1S/C12H11B7F6N2O2/c1-7(2,3)27-8(14,15)5(13)26(11(16,17)12(27,18)19)6(28)29-4(9(20,21)22)10(23,24)25/h4-5H,1-3H3. The van der Waals surface area contributed by atoms with E-state index in [9.17, 15) is 31.1 Å². The van der Waals surface area contributed by atoms with Gasteiger partial charge in [0.05, 0.1) is 54.9 Å². The number of alkyl halides is 6. The lowest BCUT2D eigenvalue weighted by Gasteiger charge is -2.73. The van der Waals surface area contributed by atoms with Gasteiger partial charge in [-0.1, -0.05) is 0 Å². The number of hydrogen-bond acceptors (Lipinski definition) is 3. The number of hydrogen-bond donors (Lipinski definition) is 0. The van der Waals surface area contributed by atoms with Crippen LogP contribution in [0.3, 0.4) is 0 Å². The quantitative estimate of drug-likeness (QED) is 0.436. The zero-order valence-electron chi connectivity index (χ0n) is 15.7. The molecule has 1 aliphatic rings. The number of carbonyl (C=O) groups is 1. The monoisotopic (exact) mass is 406 g/mol. The summed E-state index contributed by atoms with van der Waals surface area (Å²) in [6.45, 7) is 4.45. The van der Waals surface area contributed by atoms with Gasteiger partial charge in [-0.3, -0.25) is 0 Å². The molecule has 1 atom stereocenters. The van der Waals surface area contributed by atoms with Crippen LogP contribution in [0.5, 0.6) is 0 Å².